The fourth-order valence-electron chi connectivity index (χ4n) is 3.82. The van der Waals surface area contributed by atoms with E-state index in [1.54, 1.807) is 13.8 Å². The molecule has 2 aromatic carbocycles. The molecule has 0 bridgehead atoms. The summed E-state index contributed by atoms with van der Waals surface area (Å²) >= 11 is 0. The molecule has 0 aromatic heterocycles. The van der Waals surface area contributed by atoms with Gasteiger partial charge in [0.1, 0.15) is 12.1 Å². The first-order valence-electron chi connectivity index (χ1n) is 10.4. The Morgan fingerprint density at radius 3 is 2.13 bits per heavy atom. The minimum Gasteiger partial charge on any atom is -0.480 e. The first kappa shape index (κ1) is 22.3. The maximum Gasteiger partial charge on any atom is 0.407 e. The SMILES string of the molecule is CCC(C)(NC(=O)CC(C)NC(=O)OCC1c2ccccc2-c2ccccc21)C(=O)O. The molecule has 2 atom stereocenters. The Labute approximate surface area is 181 Å². The molecular weight excluding hydrogens is 396 g/mol. The fourth-order valence-corrected chi connectivity index (χ4v) is 3.82. The highest BCUT2D eigenvalue weighted by atomic mass is 16.5. The van der Waals surface area contributed by atoms with Crippen molar-refractivity contribution in [1.29, 1.82) is 0 Å². The van der Waals surface area contributed by atoms with Gasteiger partial charge in [-0.1, -0.05) is 55.5 Å². The standard InChI is InChI=1S/C24H28N2O5/c1-4-24(3,22(28)29)26-21(27)13-15(2)25-23(30)31-14-20-18-11-7-5-9-16(18)17-10-6-8-12-19(17)20/h5-12,15,20H,4,13-14H2,1-3H3,(H,25,30)(H,26,27)(H,28,29). The molecule has 0 saturated heterocycles. The monoisotopic (exact) mass is 424 g/mol. The molecule has 1 aliphatic rings. The van der Waals surface area contributed by atoms with Crippen molar-refractivity contribution in [2.75, 3.05) is 6.61 Å². The maximum atomic E-state index is 12.3. The van der Waals surface area contributed by atoms with E-state index in [2.05, 4.69) is 22.8 Å². The van der Waals surface area contributed by atoms with Crippen LogP contribution in [0.2, 0.25) is 0 Å². The van der Waals surface area contributed by atoms with E-state index in [0.29, 0.717) is 0 Å². The Morgan fingerprint density at radius 1 is 1.06 bits per heavy atom. The van der Waals surface area contributed by atoms with E-state index in [1.807, 2.05) is 36.4 Å². The summed E-state index contributed by atoms with van der Waals surface area (Å²) < 4.78 is 5.48. The molecule has 1 aliphatic carbocycles. The third-order valence-electron chi connectivity index (χ3n) is 5.79. The molecule has 0 saturated carbocycles. The average molecular weight is 424 g/mol. The number of ether oxygens (including phenoxy) is 1. The number of hydrogen-bond donors (Lipinski definition) is 3. The molecule has 0 aliphatic heterocycles. The van der Waals surface area contributed by atoms with Crippen LogP contribution in [0.4, 0.5) is 4.79 Å². The zero-order valence-corrected chi connectivity index (χ0v) is 18.0. The number of carboxylic acids is 1. The summed E-state index contributed by atoms with van der Waals surface area (Å²) in [6.45, 7) is 5.00. The lowest BCUT2D eigenvalue weighted by molar-refractivity contribution is -0.147. The highest BCUT2D eigenvalue weighted by Gasteiger charge is 2.33. The summed E-state index contributed by atoms with van der Waals surface area (Å²) in [5, 5.41) is 14.4. The van der Waals surface area contributed by atoms with Gasteiger partial charge in [0.2, 0.25) is 5.91 Å². The normalized spacial score (nSPS) is 15.2. The van der Waals surface area contributed by atoms with E-state index in [-0.39, 0.29) is 25.4 Å². The number of aliphatic carboxylic acids is 1. The minimum absolute atomic E-state index is 0.0439. The molecule has 2 unspecified atom stereocenters. The largest absolute Gasteiger partial charge is 0.480 e. The first-order valence-corrected chi connectivity index (χ1v) is 10.4. The Morgan fingerprint density at radius 2 is 1.61 bits per heavy atom. The number of carbonyl (C=O) groups is 3. The molecule has 164 valence electrons. The van der Waals surface area contributed by atoms with E-state index in [9.17, 15) is 19.5 Å². The zero-order valence-electron chi connectivity index (χ0n) is 18.0. The Hall–Kier alpha value is -3.35. The number of carboxylic acid groups (broad SMARTS) is 1. The van der Waals surface area contributed by atoms with E-state index in [0.717, 1.165) is 22.3 Å². The maximum absolute atomic E-state index is 12.3. The van der Waals surface area contributed by atoms with Crippen LogP contribution in [0.1, 0.15) is 50.7 Å². The summed E-state index contributed by atoms with van der Waals surface area (Å²) in [4.78, 5) is 35.8. The molecular formula is C24H28N2O5. The third kappa shape index (κ3) is 4.87. The van der Waals surface area contributed by atoms with Gasteiger partial charge >= 0.3 is 12.1 Å². The number of alkyl carbamates (subject to hydrolysis) is 1. The van der Waals surface area contributed by atoms with Gasteiger partial charge < -0.3 is 20.5 Å². The van der Waals surface area contributed by atoms with Gasteiger partial charge in [-0.3, -0.25) is 4.79 Å². The number of fused-ring (bicyclic) bond motifs is 3. The van der Waals surface area contributed by atoms with Gasteiger partial charge in [-0.05, 0) is 42.5 Å². The van der Waals surface area contributed by atoms with Crippen molar-refractivity contribution in [2.24, 2.45) is 0 Å². The molecule has 3 rings (SSSR count). The molecule has 2 aromatic rings. The van der Waals surface area contributed by atoms with Crippen LogP contribution in [0, 0.1) is 0 Å². The average Bonchev–Trinajstić information content (AvgIpc) is 3.05. The van der Waals surface area contributed by atoms with Crippen LogP contribution in [-0.4, -0.2) is 41.3 Å². The molecule has 0 fully saturated rings. The Bertz CT molecular complexity index is 944. The number of carbonyl (C=O) groups excluding carboxylic acids is 2. The topological polar surface area (TPSA) is 105 Å². The van der Waals surface area contributed by atoms with E-state index in [1.165, 1.54) is 6.92 Å². The van der Waals surface area contributed by atoms with E-state index >= 15 is 0 Å². The van der Waals surface area contributed by atoms with E-state index < -0.39 is 29.6 Å². The summed E-state index contributed by atoms with van der Waals surface area (Å²) in [6, 6.07) is 15.6. The quantitative estimate of drug-likeness (QED) is 0.600. The van der Waals surface area contributed by atoms with Crippen molar-refractivity contribution in [1.82, 2.24) is 10.6 Å². The molecule has 0 spiro atoms. The highest BCUT2D eigenvalue weighted by molar-refractivity contribution is 5.87. The third-order valence-corrected chi connectivity index (χ3v) is 5.79. The van der Waals surface area contributed by atoms with Crippen molar-refractivity contribution >= 4 is 18.0 Å². The molecule has 3 N–H and O–H groups in total. The second-order valence-corrected chi connectivity index (χ2v) is 8.11. The molecule has 7 nitrogen and oxygen atoms in total. The molecule has 0 radical (unpaired) electrons. The lowest BCUT2D eigenvalue weighted by Crippen LogP contribution is -2.52. The van der Waals surface area contributed by atoms with Crippen molar-refractivity contribution in [3.05, 3.63) is 59.7 Å². The smallest absolute Gasteiger partial charge is 0.407 e. The lowest BCUT2D eigenvalue weighted by atomic mass is 9.98. The van der Waals surface area contributed by atoms with Gasteiger partial charge in [0.05, 0.1) is 0 Å². The van der Waals surface area contributed by atoms with Crippen molar-refractivity contribution < 1.29 is 24.2 Å². The number of amides is 2. The first-order chi connectivity index (χ1) is 14.7. The van der Waals surface area contributed by atoms with Gasteiger partial charge in [-0.25, -0.2) is 9.59 Å². The highest BCUT2D eigenvalue weighted by Crippen LogP contribution is 2.44. The fraction of sp³-hybridized carbons (Fsp3) is 0.375. The van der Waals surface area contributed by atoms with E-state index in [4.69, 9.17) is 4.74 Å². The van der Waals surface area contributed by atoms with Gasteiger partial charge in [0.15, 0.2) is 0 Å². The number of nitrogens with one attached hydrogen (secondary N) is 2. The van der Waals surface area contributed by atoms with Crippen LogP contribution in [0.5, 0.6) is 0 Å². The van der Waals surface area contributed by atoms with Gasteiger partial charge in [-0.2, -0.15) is 0 Å². The molecule has 0 heterocycles. The molecule has 2 amide bonds. The molecule has 31 heavy (non-hydrogen) atoms. The van der Waals surface area contributed by atoms with Crippen LogP contribution in [0.3, 0.4) is 0 Å². The van der Waals surface area contributed by atoms with Crippen LogP contribution in [0.15, 0.2) is 48.5 Å². The Balaban J connectivity index is 1.55. The van der Waals surface area contributed by atoms with Crippen LogP contribution >= 0.6 is 0 Å². The van der Waals surface area contributed by atoms with Crippen molar-refractivity contribution in [3.63, 3.8) is 0 Å². The summed E-state index contributed by atoms with van der Waals surface area (Å²) in [6.07, 6.45) is -0.409. The minimum atomic E-state index is -1.33. The van der Waals surface area contributed by atoms with Crippen LogP contribution in [0.25, 0.3) is 11.1 Å². The predicted molar refractivity (Wildman–Crippen MR) is 117 cm³/mol. The van der Waals surface area contributed by atoms with Crippen LogP contribution in [-0.2, 0) is 14.3 Å². The number of benzene rings is 2. The van der Waals surface area contributed by atoms with Crippen molar-refractivity contribution in [2.45, 2.75) is 51.1 Å². The summed E-state index contributed by atoms with van der Waals surface area (Å²) in [5.41, 5.74) is 3.21. The lowest BCUT2D eigenvalue weighted by Gasteiger charge is -2.25. The summed E-state index contributed by atoms with van der Waals surface area (Å²) in [5.74, 6) is -1.59. The van der Waals surface area contributed by atoms with Crippen LogP contribution < -0.4 is 10.6 Å². The number of hydrogen-bond acceptors (Lipinski definition) is 4. The zero-order chi connectivity index (χ0) is 22.6. The van der Waals surface area contributed by atoms with Gasteiger partial charge in [-0.15, -0.1) is 0 Å². The van der Waals surface area contributed by atoms with Gasteiger partial charge in [0.25, 0.3) is 0 Å². The second kappa shape index (κ2) is 9.20. The predicted octanol–water partition coefficient (Wildman–Crippen LogP) is 3.67. The summed E-state index contributed by atoms with van der Waals surface area (Å²) in [7, 11) is 0. The van der Waals surface area contributed by atoms with Gasteiger partial charge in [0, 0.05) is 18.4 Å². The molecule has 7 heteroatoms. The van der Waals surface area contributed by atoms with Crippen molar-refractivity contribution in [3.8, 4) is 11.1 Å². The number of rotatable bonds is 8. The Kier molecular flexibility index (Phi) is 6.63. The second-order valence-electron chi connectivity index (χ2n) is 8.11.